The molecule has 0 aliphatic carbocycles. The van der Waals surface area contributed by atoms with Crippen LogP contribution in [-0.4, -0.2) is 25.1 Å². The van der Waals surface area contributed by atoms with Gasteiger partial charge in [0.05, 0.1) is 6.20 Å². The van der Waals surface area contributed by atoms with Crippen molar-refractivity contribution in [3.05, 3.63) is 23.6 Å². The van der Waals surface area contributed by atoms with Crippen LogP contribution in [0.25, 0.3) is 0 Å². The second-order valence-corrected chi connectivity index (χ2v) is 4.03. The van der Waals surface area contributed by atoms with Crippen molar-refractivity contribution >= 4 is 5.82 Å². The predicted octanol–water partition coefficient (Wildman–Crippen LogP) is 2.17. The second kappa shape index (κ2) is 5.80. The van der Waals surface area contributed by atoms with Crippen LogP contribution in [0, 0.1) is 5.82 Å². The van der Waals surface area contributed by atoms with Crippen LogP contribution >= 0.6 is 0 Å². The maximum Gasteiger partial charge on any atom is 0.141 e. The van der Waals surface area contributed by atoms with Gasteiger partial charge in [0.15, 0.2) is 0 Å². The topological polar surface area (TPSA) is 28.2 Å². The van der Waals surface area contributed by atoms with Gasteiger partial charge < -0.3 is 10.2 Å². The Morgan fingerprint density at radius 1 is 1.56 bits per heavy atom. The molecular weight excluding hydrogens is 205 g/mol. The highest BCUT2D eigenvalue weighted by atomic mass is 19.1. The Morgan fingerprint density at radius 3 is 2.81 bits per heavy atom. The molecule has 0 spiro atoms. The SMILES string of the molecule is CCC(C)N(C)c1ncc(F)cc1CNC. The minimum Gasteiger partial charge on any atom is -0.357 e. The first kappa shape index (κ1) is 12.9. The molecule has 1 aromatic heterocycles. The molecule has 0 amide bonds. The zero-order valence-electron chi connectivity index (χ0n) is 10.4. The van der Waals surface area contributed by atoms with E-state index in [-0.39, 0.29) is 5.82 Å². The van der Waals surface area contributed by atoms with E-state index < -0.39 is 0 Å². The van der Waals surface area contributed by atoms with Crippen molar-refractivity contribution in [1.82, 2.24) is 10.3 Å². The third-order valence-corrected chi connectivity index (χ3v) is 2.86. The number of anilines is 1. The molecule has 1 heterocycles. The van der Waals surface area contributed by atoms with E-state index in [1.807, 2.05) is 14.1 Å². The van der Waals surface area contributed by atoms with Gasteiger partial charge in [0, 0.05) is 25.2 Å². The standard InChI is InChI=1S/C12H20FN3/c1-5-9(2)16(4)12-10(7-14-3)6-11(13)8-15-12/h6,8-9,14H,5,7H2,1-4H3. The summed E-state index contributed by atoms with van der Waals surface area (Å²) < 4.78 is 13.1. The molecule has 1 aromatic rings. The minimum absolute atomic E-state index is 0.286. The van der Waals surface area contributed by atoms with Gasteiger partial charge in [-0.05, 0) is 26.5 Å². The van der Waals surface area contributed by atoms with E-state index >= 15 is 0 Å². The van der Waals surface area contributed by atoms with Crippen LogP contribution in [0.1, 0.15) is 25.8 Å². The fourth-order valence-corrected chi connectivity index (χ4v) is 1.59. The number of aromatic nitrogens is 1. The number of hydrogen-bond acceptors (Lipinski definition) is 3. The molecule has 0 bridgehead atoms. The number of hydrogen-bond donors (Lipinski definition) is 1. The lowest BCUT2D eigenvalue weighted by molar-refractivity contribution is 0.608. The second-order valence-electron chi connectivity index (χ2n) is 4.03. The van der Waals surface area contributed by atoms with Crippen molar-refractivity contribution in [2.45, 2.75) is 32.9 Å². The number of nitrogens with zero attached hydrogens (tertiary/aromatic N) is 2. The Labute approximate surface area is 96.7 Å². The largest absolute Gasteiger partial charge is 0.357 e. The Balaban J connectivity index is 3.01. The molecule has 0 saturated carbocycles. The highest BCUT2D eigenvalue weighted by molar-refractivity contribution is 5.47. The van der Waals surface area contributed by atoms with E-state index in [9.17, 15) is 4.39 Å². The van der Waals surface area contributed by atoms with Crippen LogP contribution < -0.4 is 10.2 Å². The number of pyridine rings is 1. The van der Waals surface area contributed by atoms with E-state index in [1.165, 1.54) is 12.3 Å². The first-order valence-corrected chi connectivity index (χ1v) is 5.62. The van der Waals surface area contributed by atoms with Crippen molar-refractivity contribution in [2.75, 3.05) is 19.0 Å². The normalized spacial score (nSPS) is 12.6. The molecule has 3 nitrogen and oxygen atoms in total. The molecule has 1 rings (SSSR count). The minimum atomic E-state index is -0.286. The zero-order chi connectivity index (χ0) is 12.1. The van der Waals surface area contributed by atoms with Gasteiger partial charge in [0.2, 0.25) is 0 Å². The van der Waals surface area contributed by atoms with Crippen molar-refractivity contribution in [3.63, 3.8) is 0 Å². The van der Waals surface area contributed by atoms with Crippen LogP contribution in [0.3, 0.4) is 0 Å². The Hall–Kier alpha value is -1.16. The van der Waals surface area contributed by atoms with Crippen molar-refractivity contribution < 1.29 is 4.39 Å². The zero-order valence-corrected chi connectivity index (χ0v) is 10.4. The lowest BCUT2D eigenvalue weighted by Gasteiger charge is -2.27. The smallest absolute Gasteiger partial charge is 0.141 e. The van der Waals surface area contributed by atoms with Crippen molar-refractivity contribution in [2.24, 2.45) is 0 Å². The molecule has 90 valence electrons. The van der Waals surface area contributed by atoms with Crippen LogP contribution in [0.5, 0.6) is 0 Å². The van der Waals surface area contributed by atoms with E-state index in [4.69, 9.17) is 0 Å². The maximum absolute atomic E-state index is 13.1. The summed E-state index contributed by atoms with van der Waals surface area (Å²) in [5.74, 6) is 0.566. The molecule has 1 N–H and O–H groups in total. The molecule has 0 aliphatic rings. The van der Waals surface area contributed by atoms with Gasteiger partial charge >= 0.3 is 0 Å². The van der Waals surface area contributed by atoms with Gasteiger partial charge in [-0.1, -0.05) is 6.92 Å². The molecule has 0 fully saturated rings. The summed E-state index contributed by atoms with van der Waals surface area (Å²) in [6.07, 6.45) is 2.31. The summed E-state index contributed by atoms with van der Waals surface area (Å²) in [5.41, 5.74) is 0.894. The molecule has 1 atom stereocenters. The molecule has 0 aromatic carbocycles. The quantitative estimate of drug-likeness (QED) is 0.832. The predicted molar refractivity (Wildman–Crippen MR) is 65.1 cm³/mol. The van der Waals surface area contributed by atoms with Gasteiger partial charge in [-0.2, -0.15) is 0 Å². The summed E-state index contributed by atoms with van der Waals surface area (Å²) in [6.45, 7) is 4.89. The maximum atomic E-state index is 13.1. The van der Waals surface area contributed by atoms with Crippen LogP contribution in [0.2, 0.25) is 0 Å². The first-order chi connectivity index (χ1) is 7.60. The average Bonchev–Trinajstić information content (AvgIpc) is 2.28. The molecule has 4 heteroatoms. The van der Waals surface area contributed by atoms with Crippen LogP contribution in [-0.2, 0) is 6.54 Å². The molecule has 1 unspecified atom stereocenters. The lowest BCUT2D eigenvalue weighted by Crippen LogP contribution is -2.30. The average molecular weight is 225 g/mol. The van der Waals surface area contributed by atoms with Crippen LogP contribution in [0.4, 0.5) is 10.2 Å². The lowest BCUT2D eigenvalue weighted by atomic mass is 10.2. The van der Waals surface area contributed by atoms with E-state index in [2.05, 4.69) is 29.0 Å². The fraction of sp³-hybridized carbons (Fsp3) is 0.583. The van der Waals surface area contributed by atoms with E-state index in [0.29, 0.717) is 12.6 Å². The van der Waals surface area contributed by atoms with Gasteiger partial charge in [-0.25, -0.2) is 9.37 Å². The van der Waals surface area contributed by atoms with Gasteiger partial charge in [0.25, 0.3) is 0 Å². The third-order valence-electron chi connectivity index (χ3n) is 2.86. The molecule has 0 aliphatic heterocycles. The van der Waals surface area contributed by atoms with E-state index in [1.54, 1.807) is 0 Å². The van der Waals surface area contributed by atoms with Gasteiger partial charge in [-0.3, -0.25) is 0 Å². The van der Waals surface area contributed by atoms with Gasteiger partial charge in [0.1, 0.15) is 11.6 Å². The Bertz CT molecular complexity index is 341. The number of rotatable bonds is 5. The van der Waals surface area contributed by atoms with Crippen LogP contribution in [0.15, 0.2) is 12.3 Å². The monoisotopic (exact) mass is 225 g/mol. The number of nitrogens with one attached hydrogen (secondary N) is 1. The van der Waals surface area contributed by atoms with Crippen molar-refractivity contribution in [3.8, 4) is 0 Å². The van der Waals surface area contributed by atoms with Gasteiger partial charge in [-0.15, -0.1) is 0 Å². The number of halogens is 1. The third kappa shape index (κ3) is 2.92. The first-order valence-electron chi connectivity index (χ1n) is 5.62. The molecule has 16 heavy (non-hydrogen) atoms. The fourth-order valence-electron chi connectivity index (χ4n) is 1.59. The van der Waals surface area contributed by atoms with E-state index in [0.717, 1.165) is 17.8 Å². The highest BCUT2D eigenvalue weighted by Crippen LogP contribution is 2.20. The Kier molecular flexibility index (Phi) is 4.68. The summed E-state index contributed by atoms with van der Waals surface area (Å²) in [4.78, 5) is 6.27. The summed E-state index contributed by atoms with van der Waals surface area (Å²) in [5, 5.41) is 3.03. The summed E-state index contributed by atoms with van der Waals surface area (Å²) in [6, 6.07) is 1.94. The Morgan fingerprint density at radius 2 is 2.25 bits per heavy atom. The molecular formula is C12H20FN3. The molecule has 0 saturated heterocycles. The van der Waals surface area contributed by atoms with Crippen molar-refractivity contribution in [1.29, 1.82) is 0 Å². The molecule has 0 radical (unpaired) electrons. The summed E-state index contributed by atoms with van der Waals surface area (Å²) in [7, 11) is 3.84. The summed E-state index contributed by atoms with van der Waals surface area (Å²) >= 11 is 0. The highest BCUT2D eigenvalue weighted by Gasteiger charge is 2.13.